The number of anilines is 1. The van der Waals surface area contributed by atoms with Gasteiger partial charge in [0.15, 0.2) is 5.13 Å². The van der Waals surface area contributed by atoms with Gasteiger partial charge in [-0.25, -0.2) is 31.7 Å². The predicted molar refractivity (Wildman–Crippen MR) is 139 cm³/mol. The van der Waals surface area contributed by atoms with E-state index in [0.29, 0.717) is 21.8 Å². The number of H-pyrrole nitrogens is 1. The van der Waals surface area contributed by atoms with Crippen LogP contribution in [0.5, 0.6) is 0 Å². The van der Waals surface area contributed by atoms with Gasteiger partial charge in [0.05, 0.1) is 15.8 Å². The van der Waals surface area contributed by atoms with Crippen molar-refractivity contribution in [3.05, 3.63) is 30.3 Å². The smallest absolute Gasteiger partial charge is 0.290 e. The number of nitrogens with one attached hydrogen (secondary N) is 3. The van der Waals surface area contributed by atoms with Gasteiger partial charge < -0.3 is 16.2 Å². The maximum absolute atomic E-state index is 13.3. The minimum atomic E-state index is -4.59. The molecule has 18 heteroatoms. The third kappa shape index (κ3) is 5.64. The van der Waals surface area contributed by atoms with Gasteiger partial charge in [0.1, 0.15) is 9.79 Å². The van der Waals surface area contributed by atoms with E-state index in [9.17, 15) is 16.8 Å². The zero-order chi connectivity index (χ0) is 27.5. The van der Waals surface area contributed by atoms with Crippen LogP contribution in [0.3, 0.4) is 0 Å². The van der Waals surface area contributed by atoms with Crippen LogP contribution in [0.1, 0.15) is 12.8 Å². The van der Waals surface area contributed by atoms with Gasteiger partial charge in [0.25, 0.3) is 6.47 Å². The van der Waals surface area contributed by atoms with Gasteiger partial charge in [-0.2, -0.15) is 5.21 Å². The van der Waals surface area contributed by atoms with Crippen molar-refractivity contribution in [3.63, 3.8) is 0 Å². The van der Waals surface area contributed by atoms with E-state index >= 15 is 0 Å². The highest BCUT2D eigenvalue weighted by atomic mass is 32.2. The second kappa shape index (κ2) is 11.1. The number of nitrogens with zero attached hydrogens (tertiary/aromatic N) is 4. The molecular formula is C20H23N9O6S3. The fraction of sp³-hybridized carbons (Fsp3) is 0.250. The molecule has 202 valence electrons. The van der Waals surface area contributed by atoms with Crippen molar-refractivity contribution in [1.29, 1.82) is 0 Å². The Morgan fingerprint density at radius 2 is 1.95 bits per heavy atom. The van der Waals surface area contributed by atoms with Gasteiger partial charge in [-0.15, -0.1) is 10.2 Å². The molecule has 4 aromatic rings. The Labute approximate surface area is 220 Å². The number of nitrogens with two attached hydrogens (primary N) is 2. The predicted octanol–water partition coefficient (Wildman–Crippen LogP) is 0.104. The summed E-state index contributed by atoms with van der Waals surface area (Å²) in [6.07, 6.45) is 1.73. The van der Waals surface area contributed by atoms with Crippen LogP contribution in [0.25, 0.3) is 32.7 Å². The van der Waals surface area contributed by atoms with Gasteiger partial charge >= 0.3 is 0 Å². The van der Waals surface area contributed by atoms with Crippen molar-refractivity contribution < 1.29 is 26.7 Å². The number of primary sulfonamides is 1. The van der Waals surface area contributed by atoms with E-state index in [1.54, 1.807) is 12.1 Å². The molecule has 0 radical (unpaired) electrons. The maximum Gasteiger partial charge on any atom is 0.290 e. The third-order valence-electron chi connectivity index (χ3n) is 5.67. The van der Waals surface area contributed by atoms with Gasteiger partial charge in [-0.1, -0.05) is 29.5 Å². The van der Waals surface area contributed by atoms with Crippen molar-refractivity contribution in [2.45, 2.75) is 28.7 Å². The lowest BCUT2D eigenvalue weighted by Crippen LogP contribution is -2.37. The minimum Gasteiger partial charge on any atom is -0.483 e. The molecule has 5 rings (SSSR count). The monoisotopic (exact) mass is 581 g/mol. The average Bonchev–Trinajstić information content (AvgIpc) is 3.63. The zero-order valence-corrected chi connectivity index (χ0v) is 22.0. The first-order valence-electron chi connectivity index (χ1n) is 11.0. The highest BCUT2D eigenvalue weighted by Gasteiger charge is 2.33. The summed E-state index contributed by atoms with van der Waals surface area (Å²) in [6.45, 7) is 0.640. The Hall–Kier alpha value is -3.55. The number of hydrogen-bond donors (Lipinski definition) is 6. The summed E-state index contributed by atoms with van der Waals surface area (Å²) in [6, 6.07) is 7.93. The molecule has 15 nitrogen and oxygen atoms in total. The number of thiazole rings is 1. The first kappa shape index (κ1) is 27.5. The SMILES string of the molecule is Nc1nc2c(-c3ccc(S(=O)(=O)NC[C@H]4CCCN4)c(S(N)(=O)=O)c3-c3nn[nH]n3)cccc2s1.O=CO. The summed E-state index contributed by atoms with van der Waals surface area (Å²) in [4.78, 5) is 11.6. The minimum absolute atomic E-state index is 0.0496. The topological polar surface area (TPSA) is 249 Å². The molecule has 38 heavy (non-hydrogen) atoms. The highest BCUT2D eigenvalue weighted by molar-refractivity contribution is 7.92. The van der Waals surface area contributed by atoms with Crippen LogP contribution in [0.2, 0.25) is 0 Å². The molecule has 1 atom stereocenters. The van der Waals surface area contributed by atoms with E-state index in [1.165, 1.54) is 23.5 Å². The van der Waals surface area contributed by atoms with Crippen LogP contribution in [0.15, 0.2) is 40.1 Å². The fourth-order valence-corrected chi connectivity index (χ4v) is 7.62. The first-order chi connectivity index (χ1) is 18.1. The molecule has 1 fully saturated rings. The van der Waals surface area contributed by atoms with E-state index in [1.807, 2.05) is 6.07 Å². The summed E-state index contributed by atoms with van der Waals surface area (Å²) in [5, 5.41) is 29.7. The molecule has 0 bridgehead atoms. The summed E-state index contributed by atoms with van der Waals surface area (Å²) in [7, 11) is -8.87. The van der Waals surface area contributed by atoms with Crippen LogP contribution in [0.4, 0.5) is 5.13 Å². The molecule has 2 aromatic carbocycles. The second-order valence-electron chi connectivity index (χ2n) is 8.05. The second-order valence-corrected chi connectivity index (χ2v) is 12.3. The molecule has 1 saturated heterocycles. The standard InChI is InChI=1S/C19H21N9O4S3.CH2O2/c20-19-24-16-12(4-1-5-13(16)33-19)11-6-7-14(35(31,32)23-9-10-3-2-8-22-10)17(34(21,29)30)15(11)18-25-27-28-26-18;2-1-3/h1,4-7,10,22-23H,2-3,8-9H2,(H2,20,24)(H2,21,29,30)(H,25,26,27,28);1H,(H,2,3)/t10-;/m1./s1. The van der Waals surface area contributed by atoms with Crippen LogP contribution < -0.4 is 20.9 Å². The van der Waals surface area contributed by atoms with E-state index < -0.39 is 29.8 Å². The van der Waals surface area contributed by atoms with Crippen molar-refractivity contribution in [2.75, 3.05) is 18.8 Å². The molecule has 0 aliphatic carbocycles. The Bertz CT molecular complexity index is 1670. The van der Waals surface area contributed by atoms with Gasteiger partial charge in [0, 0.05) is 18.2 Å². The van der Waals surface area contributed by atoms with Crippen LogP contribution in [-0.4, -0.2) is 73.2 Å². The average molecular weight is 582 g/mol. The fourth-order valence-electron chi connectivity index (χ4n) is 4.17. The Kier molecular flexibility index (Phi) is 7.99. The number of sulfonamides is 2. The summed E-state index contributed by atoms with van der Waals surface area (Å²) < 4.78 is 55.6. The molecule has 3 heterocycles. The number of benzene rings is 2. The van der Waals surface area contributed by atoms with E-state index in [0.717, 1.165) is 24.1 Å². The number of nitrogen functional groups attached to an aromatic ring is 1. The lowest BCUT2D eigenvalue weighted by molar-refractivity contribution is -0.122. The molecule has 0 amide bonds. The zero-order valence-electron chi connectivity index (χ0n) is 19.5. The molecule has 8 N–H and O–H groups in total. The van der Waals surface area contributed by atoms with Gasteiger partial charge in [0.2, 0.25) is 25.9 Å². The van der Waals surface area contributed by atoms with Crippen molar-refractivity contribution in [3.8, 4) is 22.5 Å². The Morgan fingerprint density at radius 1 is 1.18 bits per heavy atom. The number of tetrazole rings is 1. The van der Waals surface area contributed by atoms with Gasteiger partial charge in [-0.3, -0.25) is 4.79 Å². The first-order valence-corrected chi connectivity index (χ1v) is 14.8. The number of fused-ring (bicyclic) bond motifs is 1. The number of carboxylic acid groups (broad SMARTS) is 1. The largest absolute Gasteiger partial charge is 0.483 e. The molecule has 1 aliphatic rings. The molecule has 0 spiro atoms. The number of hydrogen-bond acceptors (Lipinski definition) is 12. The summed E-state index contributed by atoms with van der Waals surface area (Å²) >= 11 is 1.26. The van der Waals surface area contributed by atoms with E-state index in [-0.39, 0.29) is 30.4 Å². The number of aromatic amines is 1. The Morgan fingerprint density at radius 3 is 2.58 bits per heavy atom. The normalized spacial score (nSPS) is 15.8. The number of carbonyl (C=O) groups is 1. The molecule has 0 saturated carbocycles. The van der Waals surface area contributed by atoms with E-state index in [2.05, 4.69) is 35.6 Å². The number of para-hydroxylation sites is 1. The Balaban J connectivity index is 0.00000107. The molecule has 0 unspecified atom stereocenters. The van der Waals surface area contributed by atoms with Crippen molar-refractivity contribution >= 4 is 53.2 Å². The lowest BCUT2D eigenvalue weighted by Gasteiger charge is -2.18. The number of rotatable bonds is 7. The van der Waals surface area contributed by atoms with Crippen LogP contribution >= 0.6 is 11.3 Å². The maximum atomic E-state index is 13.3. The van der Waals surface area contributed by atoms with Crippen molar-refractivity contribution in [2.24, 2.45) is 5.14 Å². The highest BCUT2D eigenvalue weighted by Crippen LogP contribution is 2.41. The molecular weight excluding hydrogens is 558 g/mol. The van der Waals surface area contributed by atoms with Crippen molar-refractivity contribution in [1.82, 2.24) is 35.6 Å². The molecule has 2 aromatic heterocycles. The van der Waals surface area contributed by atoms with Crippen LogP contribution in [-0.2, 0) is 24.8 Å². The third-order valence-corrected chi connectivity index (χ3v) is 9.11. The van der Waals surface area contributed by atoms with Gasteiger partial charge in [-0.05, 0) is 42.3 Å². The quantitative estimate of drug-likeness (QED) is 0.159. The van der Waals surface area contributed by atoms with Crippen LogP contribution in [0, 0.1) is 0 Å². The van der Waals surface area contributed by atoms with E-state index in [4.69, 9.17) is 20.8 Å². The molecule has 1 aliphatic heterocycles. The number of aromatic nitrogens is 5. The summed E-state index contributed by atoms with van der Waals surface area (Å²) in [5.74, 6) is -0.140. The summed E-state index contributed by atoms with van der Waals surface area (Å²) in [5.41, 5.74) is 7.12. The lowest BCUT2D eigenvalue weighted by atomic mass is 9.98.